The van der Waals surface area contributed by atoms with Crippen molar-refractivity contribution < 1.29 is 0 Å². The van der Waals surface area contributed by atoms with Crippen LogP contribution in [0.15, 0.2) is 9.17 Å². The molecule has 0 aliphatic heterocycles. The summed E-state index contributed by atoms with van der Waals surface area (Å²) in [7, 11) is 0. The van der Waals surface area contributed by atoms with Gasteiger partial charge in [0.15, 0.2) is 0 Å². The molecule has 2 heterocycles. The zero-order valence-corrected chi connectivity index (χ0v) is 13.7. The number of aromatic nitrogens is 2. The summed E-state index contributed by atoms with van der Waals surface area (Å²) in [4.78, 5) is 9.73. The van der Waals surface area contributed by atoms with E-state index in [1.165, 1.54) is 11.4 Å². The maximum absolute atomic E-state index is 4.88. The van der Waals surface area contributed by atoms with Gasteiger partial charge in [-0.15, -0.1) is 11.3 Å². The minimum absolute atomic E-state index is 0.470. The van der Waals surface area contributed by atoms with Crippen LogP contribution < -0.4 is 0 Å². The minimum atomic E-state index is 0.470. The van der Waals surface area contributed by atoms with Gasteiger partial charge in [-0.1, -0.05) is 27.7 Å². The fraction of sp³-hybridized carbons (Fsp3) is 0.571. The fourth-order valence-electron chi connectivity index (χ4n) is 1.98. The minimum Gasteiger partial charge on any atom is -0.248 e. The van der Waals surface area contributed by atoms with Gasteiger partial charge in [0, 0.05) is 5.38 Å². The highest BCUT2D eigenvalue weighted by Crippen LogP contribution is 2.33. The van der Waals surface area contributed by atoms with Crippen LogP contribution in [-0.2, 0) is 0 Å². The van der Waals surface area contributed by atoms with Gasteiger partial charge in [-0.3, -0.25) is 0 Å². The molecule has 0 saturated carbocycles. The van der Waals surface area contributed by atoms with Gasteiger partial charge in [0.2, 0.25) is 0 Å². The molecule has 18 heavy (non-hydrogen) atoms. The molecule has 0 saturated heterocycles. The summed E-state index contributed by atoms with van der Waals surface area (Å²) in [5.74, 6) is 0.947. The Labute approximate surface area is 121 Å². The number of hydrogen-bond acceptors (Lipinski definition) is 3. The van der Waals surface area contributed by atoms with Crippen molar-refractivity contribution in [2.24, 2.45) is 0 Å². The molecule has 98 valence electrons. The monoisotopic (exact) mass is 326 g/mol. The molecule has 2 nitrogen and oxygen atoms in total. The van der Waals surface area contributed by atoms with Crippen molar-refractivity contribution in [3.63, 3.8) is 0 Å². The van der Waals surface area contributed by atoms with Gasteiger partial charge in [-0.2, -0.15) is 0 Å². The van der Waals surface area contributed by atoms with Crippen LogP contribution in [0.5, 0.6) is 0 Å². The third-order valence-corrected chi connectivity index (χ3v) is 5.27. The van der Waals surface area contributed by atoms with Gasteiger partial charge < -0.3 is 0 Å². The quantitative estimate of drug-likeness (QED) is 0.743. The van der Waals surface area contributed by atoms with E-state index < -0.39 is 0 Å². The standard InChI is InChI=1S/C14H19BrN2S/c1-5-8(3)11-12(9(4)6-2)17-13-10(16-11)7-18-14(13)15/h7-9H,5-6H2,1-4H3. The lowest BCUT2D eigenvalue weighted by Gasteiger charge is -2.17. The van der Waals surface area contributed by atoms with Crippen molar-refractivity contribution in [2.75, 3.05) is 0 Å². The van der Waals surface area contributed by atoms with E-state index >= 15 is 0 Å². The average Bonchev–Trinajstić information content (AvgIpc) is 2.76. The lowest BCUT2D eigenvalue weighted by atomic mass is 9.95. The summed E-state index contributed by atoms with van der Waals surface area (Å²) in [6.45, 7) is 8.89. The van der Waals surface area contributed by atoms with Crippen LogP contribution in [0, 0.1) is 0 Å². The highest BCUT2D eigenvalue weighted by atomic mass is 79.9. The van der Waals surface area contributed by atoms with Crippen molar-refractivity contribution in [1.82, 2.24) is 9.97 Å². The van der Waals surface area contributed by atoms with Crippen LogP contribution in [0.1, 0.15) is 63.8 Å². The number of rotatable bonds is 4. The largest absolute Gasteiger partial charge is 0.248 e. The SMILES string of the molecule is CCC(C)c1nc2csc(Br)c2nc1C(C)CC. The fourth-order valence-corrected chi connectivity index (χ4v) is 3.19. The summed E-state index contributed by atoms with van der Waals surface area (Å²) in [6, 6.07) is 0. The molecule has 2 aromatic rings. The van der Waals surface area contributed by atoms with E-state index in [-0.39, 0.29) is 0 Å². The molecule has 4 heteroatoms. The van der Waals surface area contributed by atoms with E-state index in [2.05, 4.69) is 49.0 Å². The molecule has 0 N–H and O–H groups in total. The highest BCUT2D eigenvalue weighted by Gasteiger charge is 2.19. The first kappa shape index (κ1) is 13.9. The number of hydrogen-bond donors (Lipinski definition) is 0. The Morgan fingerprint density at radius 1 is 1.11 bits per heavy atom. The molecule has 2 unspecified atom stereocenters. The Balaban J connectivity index is 2.65. The molecule has 0 bridgehead atoms. The first-order valence-electron chi connectivity index (χ1n) is 6.52. The zero-order valence-electron chi connectivity index (χ0n) is 11.3. The Morgan fingerprint density at radius 2 is 1.67 bits per heavy atom. The van der Waals surface area contributed by atoms with Crippen LogP contribution in [0.2, 0.25) is 0 Å². The second kappa shape index (κ2) is 5.66. The third kappa shape index (κ3) is 2.45. The molecule has 0 fully saturated rings. The lowest BCUT2D eigenvalue weighted by molar-refractivity contribution is 0.642. The molecule has 2 atom stereocenters. The normalized spacial score (nSPS) is 14.9. The van der Waals surface area contributed by atoms with Gasteiger partial charge in [0.25, 0.3) is 0 Å². The predicted molar refractivity (Wildman–Crippen MR) is 82.5 cm³/mol. The maximum Gasteiger partial charge on any atom is 0.114 e. The second-order valence-electron chi connectivity index (χ2n) is 4.86. The van der Waals surface area contributed by atoms with Crippen LogP contribution in [0.25, 0.3) is 11.0 Å². The van der Waals surface area contributed by atoms with Crippen molar-refractivity contribution in [3.8, 4) is 0 Å². The Morgan fingerprint density at radius 3 is 2.22 bits per heavy atom. The van der Waals surface area contributed by atoms with Crippen LogP contribution in [0.4, 0.5) is 0 Å². The van der Waals surface area contributed by atoms with E-state index in [9.17, 15) is 0 Å². The van der Waals surface area contributed by atoms with Crippen LogP contribution >= 0.6 is 27.3 Å². The Kier molecular flexibility index (Phi) is 4.38. The smallest absolute Gasteiger partial charge is 0.114 e. The molecule has 0 aliphatic rings. The van der Waals surface area contributed by atoms with Crippen molar-refractivity contribution >= 4 is 38.3 Å². The summed E-state index contributed by atoms with van der Waals surface area (Å²) < 4.78 is 1.09. The lowest BCUT2D eigenvalue weighted by Crippen LogP contribution is -2.08. The number of thiophene rings is 1. The van der Waals surface area contributed by atoms with Crippen LogP contribution in [-0.4, -0.2) is 9.97 Å². The molecule has 2 aromatic heterocycles. The van der Waals surface area contributed by atoms with Crippen molar-refractivity contribution in [3.05, 3.63) is 20.6 Å². The molecular weight excluding hydrogens is 308 g/mol. The molecule has 0 radical (unpaired) electrons. The molecule has 0 aromatic carbocycles. The zero-order chi connectivity index (χ0) is 13.3. The first-order chi connectivity index (χ1) is 8.58. The highest BCUT2D eigenvalue weighted by molar-refractivity contribution is 9.11. The van der Waals surface area contributed by atoms with E-state index in [0.717, 1.165) is 27.7 Å². The van der Waals surface area contributed by atoms with Gasteiger partial charge in [-0.25, -0.2) is 9.97 Å². The number of fused-ring (bicyclic) bond motifs is 1. The Bertz CT molecular complexity index is 550. The van der Waals surface area contributed by atoms with E-state index in [1.54, 1.807) is 11.3 Å². The number of nitrogens with zero attached hydrogens (tertiary/aromatic N) is 2. The maximum atomic E-state index is 4.88. The summed E-state index contributed by atoms with van der Waals surface area (Å²) in [5.41, 5.74) is 4.40. The van der Waals surface area contributed by atoms with Crippen molar-refractivity contribution in [2.45, 2.75) is 52.4 Å². The van der Waals surface area contributed by atoms with Gasteiger partial charge >= 0.3 is 0 Å². The van der Waals surface area contributed by atoms with E-state index in [1.807, 2.05) is 0 Å². The summed E-state index contributed by atoms with van der Waals surface area (Å²) >= 11 is 5.23. The molecule has 2 rings (SSSR count). The molecular formula is C14H19BrN2S. The third-order valence-electron chi connectivity index (χ3n) is 3.60. The van der Waals surface area contributed by atoms with Gasteiger partial charge in [-0.05, 0) is 40.6 Å². The number of halogens is 1. The molecule has 0 amide bonds. The van der Waals surface area contributed by atoms with Crippen molar-refractivity contribution in [1.29, 1.82) is 0 Å². The van der Waals surface area contributed by atoms with Gasteiger partial charge in [0.1, 0.15) is 11.0 Å². The van der Waals surface area contributed by atoms with E-state index in [0.29, 0.717) is 11.8 Å². The molecule has 0 aliphatic carbocycles. The Hall–Kier alpha value is -0.480. The van der Waals surface area contributed by atoms with E-state index in [4.69, 9.17) is 9.97 Å². The van der Waals surface area contributed by atoms with Crippen LogP contribution in [0.3, 0.4) is 0 Å². The molecule has 0 spiro atoms. The summed E-state index contributed by atoms with van der Waals surface area (Å²) in [5, 5.41) is 2.08. The average molecular weight is 327 g/mol. The second-order valence-corrected chi connectivity index (χ2v) is 7.05. The first-order valence-corrected chi connectivity index (χ1v) is 8.20. The van der Waals surface area contributed by atoms with Gasteiger partial charge in [0.05, 0.1) is 15.2 Å². The topological polar surface area (TPSA) is 25.8 Å². The summed E-state index contributed by atoms with van der Waals surface area (Å²) in [6.07, 6.45) is 2.21. The predicted octanol–water partition coefficient (Wildman–Crippen LogP) is 5.48.